The van der Waals surface area contributed by atoms with Crippen molar-refractivity contribution >= 4 is 96.9 Å². The van der Waals surface area contributed by atoms with E-state index in [-0.39, 0.29) is 112 Å². The van der Waals surface area contributed by atoms with Gasteiger partial charge in [-0.15, -0.1) is 0 Å². The van der Waals surface area contributed by atoms with Crippen LogP contribution in [0.5, 0.6) is 23.0 Å². The molecule has 0 bridgehead atoms. The molecule has 9 rings (SSSR count). The average Bonchev–Trinajstić information content (AvgIpc) is 4.05. The molecule has 0 amide bonds. The van der Waals surface area contributed by atoms with Gasteiger partial charge in [-0.1, -0.05) is 121 Å². The van der Waals surface area contributed by atoms with Crippen LogP contribution in [0.4, 0.5) is 0 Å². The number of thioether (sulfide) groups is 3. The molecule has 0 radical (unpaired) electrons. The first-order valence-electron chi connectivity index (χ1n) is 23.5. The molecular weight excluding hydrogens is 1050 g/mol. The van der Waals surface area contributed by atoms with E-state index in [1.165, 1.54) is 0 Å². The Hall–Kier alpha value is -7.11. The fourth-order valence-electron chi connectivity index (χ4n) is 7.57. The minimum Gasteiger partial charge on any atom is -0.497 e. The third-order valence-electron chi connectivity index (χ3n) is 11.7. The van der Waals surface area contributed by atoms with Crippen molar-refractivity contribution < 1.29 is 62.1 Å². The number of carbonyl (C=O) groups is 9. The summed E-state index contributed by atoms with van der Waals surface area (Å²) in [4.78, 5) is 105. The van der Waals surface area contributed by atoms with Crippen LogP contribution >= 0.6 is 46.9 Å². The maximum absolute atomic E-state index is 12.1. The molecule has 6 aromatic rings. The highest BCUT2D eigenvalue weighted by molar-refractivity contribution is 8.16. The fraction of sp³-hybridized carbons (Fsp3) is 0.237. The second kappa shape index (κ2) is 28.7. The smallest absolute Gasteiger partial charge is 0.200 e. The van der Waals surface area contributed by atoms with Gasteiger partial charge in [0.05, 0.1) is 42.1 Å². The molecular formula is C59H53ClO13S3. The molecule has 3 unspecified atom stereocenters. The van der Waals surface area contributed by atoms with Crippen LogP contribution in [0.25, 0.3) is 0 Å². The monoisotopic (exact) mass is 1100 g/mol. The Labute approximate surface area is 458 Å². The summed E-state index contributed by atoms with van der Waals surface area (Å²) >= 11 is 9.14. The summed E-state index contributed by atoms with van der Waals surface area (Å²) in [6, 6.07) is 44.2. The fourth-order valence-corrected chi connectivity index (χ4v) is 10.8. The van der Waals surface area contributed by atoms with Gasteiger partial charge in [0.25, 0.3) is 0 Å². The van der Waals surface area contributed by atoms with Crippen molar-refractivity contribution in [1.82, 2.24) is 0 Å². The van der Waals surface area contributed by atoms with Crippen LogP contribution < -0.4 is 18.9 Å². The van der Waals surface area contributed by atoms with Gasteiger partial charge in [0.2, 0.25) is 0 Å². The number of methoxy groups -OCH3 is 1. The predicted octanol–water partition coefficient (Wildman–Crippen LogP) is 10.6. The Bertz CT molecular complexity index is 3020. The highest BCUT2D eigenvalue weighted by Crippen LogP contribution is 2.31. The molecule has 3 fully saturated rings. The summed E-state index contributed by atoms with van der Waals surface area (Å²) in [7, 11) is 1.57. The Balaban J connectivity index is 0.000000184. The standard InChI is InChI=1S/C20H18O5S.C19H15ClO4S.C19H16O4S.CH4/c1-24-15-8-4-14(5-9-15)18(22)12-25-16-6-2-13(3-7-16)10-19-17(21)11-20(23)26-19;20-14-5-3-13(4-6-14)17(22)11-24-15-7-1-12(2-8-15)9-18-16(21)10-19(23)25-18;20-16-11-19(22)24-18(16)10-13-6-8-15(9-7-13)23-12-17(21)14-4-2-1-3-5-14;/h2-9,19H,10-12H2,1H3;1-8,18H,9-11H2;1-9,18H,10-12H2;1H4. The normalized spacial score (nSPS) is 16.6. The molecule has 3 heterocycles. The van der Waals surface area contributed by atoms with Crippen molar-refractivity contribution in [3.8, 4) is 23.0 Å². The number of Topliss-reactive ketones (excluding diaryl/α,β-unsaturated/α-hetero) is 6. The van der Waals surface area contributed by atoms with Crippen molar-refractivity contribution in [2.24, 2.45) is 0 Å². The minimum atomic E-state index is -0.286. The lowest BCUT2D eigenvalue weighted by Gasteiger charge is -2.09. The van der Waals surface area contributed by atoms with Crippen molar-refractivity contribution in [2.75, 3.05) is 26.9 Å². The van der Waals surface area contributed by atoms with Gasteiger partial charge in [-0.3, -0.25) is 43.2 Å². The Morgan fingerprint density at radius 3 is 1.00 bits per heavy atom. The molecule has 3 atom stereocenters. The zero-order valence-corrected chi connectivity index (χ0v) is 43.6. The quantitative estimate of drug-likeness (QED) is 0.0549. The molecule has 392 valence electrons. The predicted molar refractivity (Wildman–Crippen MR) is 296 cm³/mol. The molecule has 13 nitrogen and oxygen atoms in total. The zero-order valence-electron chi connectivity index (χ0n) is 40.4. The molecule has 6 aromatic carbocycles. The van der Waals surface area contributed by atoms with Crippen LogP contribution in [0.2, 0.25) is 5.02 Å². The third-order valence-corrected chi connectivity index (χ3v) is 15.3. The number of ketones is 6. The Morgan fingerprint density at radius 1 is 0.421 bits per heavy atom. The van der Waals surface area contributed by atoms with Gasteiger partial charge in [0, 0.05) is 21.7 Å². The van der Waals surface area contributed by atoms with Gasteiger partial charge in [-0.25, -0.2) is 0 Å². The summed E-state index contributed by atoms with van der Waals surface area (Å²) < 4.78 is 21.6. The highest BCUT2D eigenvalue weighted by atomic mass is 35.5. The molecule has 3 saturated heterocycles. The molecule has 76 heavy (non-hydrogen) atoms. The molecule has 0 aromatic heterocycles. The first kappa shape index (κ1) is 58.2. The lowest BCUT2D eigenvalue weighted by atomic mass is 10.1. The summed E-state index contributed by atoms with van der Waals surface area (Å²) in [6.07, 6.45) is 1.70. The van der Waals surface area contributed by atoms with Crippen molar-refractivity contribution in [3.63, 3.8) is 0 Å². The number of halogens is 1. The maximum Gasteiger partial charge on any atom is 0.200 e. The van der Waals surface area contributed by atoms with E-state index in [2.05, 4.69) is 0 Å². The number of ether oxygens (including phenoxy) is 4. The van der Waals surface area contributed by atoms with E-state index in [1.54, 1.807) is 104 Å². The summed E-state index contributed by atoms with van der Waals surface area (Å²) in [6.45, 7) is -0.140. The second-order valence-electron chi connectivity index (χ2n) is 17.1. The average molecular weight is 1100 g/mol. The van der Waals surface area contributed by atoms with Gasteiger partial charge < -0.3 is 18.9 Å². The molecule has 0 spiro atoms. The lowest BCUT2D eigenvalue weighted by Crippen LogP contribution is -2.13. The van der Waals surface area contributed by atoms with Gasteiger partial charge in [0.1, 0.15) is 23.0 Å². The van der Waals surface area contributed by atoms with Crippen molar-refractivity contribution in [3.05, 3.63) is 190 Å². The number of hydrogen-bond donors (Lipinski definition) is 0. The largest absolute Gasteiger partial charge is 0.497 e. The van der Waals surface area contributed by atoms with Crippen molar-refractivity contribution in [2.45, 2.75) is 61.7 Å². The second-order valence-corrected chi connectivity index (χ2v) is 21.4. The number of hydrogen-bond acceptors (Lipinski definition) is 16. The first-order valence-corrected chi connectivity index (χ1v) is 26.6. The SMILES string of the molecule is C.COc1ccc(C(=O)COc2ccc(CC3SC(=O)CC3=O)cc2)cc1.O=C1CC(=O)C(Cc2ccc(OCC(=O)c3ccc(Cl)cc3)cc2)S1.O=C1CC(=O)C(Cc2ccc(OCC(=O)c3ccccc3)cc2)S1. The van der Waals surface area contributed by atoms with Crippen LogP contribution in [-0.2, 0) is 48.0 Å². The first-order chi connectivity index (χ1) is 36.2. The van der Waals surface area contributed by atoms with E-state index in [0.29, 0.717) is 64.0 Å². The van der Waals surface area contributed by atoms with Gasteiger partial charge in [0.15, 0.2) is 69.9 Å². The molecule has 3 aliphatic heterocycles. The molecule has 3 aliphatic rings. The van der Waals surface area contributed by atoms with E-state index < -0.39 is 0 Å². The van der Waals surface area contributed by atoms with E-state index in [0.717, 1.165) is 52.0 Å². The zero-order chi connectivity index (χ0) is 53.3. The van der Waals surface area contributed by atoms with Gasteiger partial charge in [-0.2, -0.15) is 0 Å². The van der Waals surface area contributed by atoms with Crippen LogP contribution in [0.3, 0.4) is 0 Å². The van der Waals surface area contributed by atoms with Crippen LogP contribution in [-0.4, -0.2) is 92.7 Å². The minimum absolute atomic E-state index is 0. The van der Waals surface area contributed by atoms with E-state index in [4.69, 9.17) is 30.5 Å². The maximum atomic E-state index is 12.1. The van der Waals surface area contributed by atoms with E-state index >= 15 is 0 Å². The number of benzene rings is 6. The molecule has 17 heteroatoms. The van der Waals surface area contributed by atoms with Gasteiger partial charge >= 0.3 is 0 Å². The molecule has 0 N–H and O–H groups in total. The molecule has 0 aliphatic carbocycles. The van der Waals surface area contributed by atoms with Gasteiger partial charge in [-0.05, 0) is 121 Å². The van der Waals surface area contributed by atoms with E-state index in [9.17, 15) is 43.2 Å². The van der Waals surface area contributed by atoms with Crippen LogP contribution in [0, 0.1) is 0 Å². The highest BCUT2D eigenvalue weighted by Gasteiger charge is 2.33. The Morgan fingerprint density at radius 2 is 0.711 bits per heavy atom. The number of rotatable bonds is 19. The lowest BCUT2D eigenvalue weighted by molar-refractivity contribution is -0.122. The summed E-state index contributed by atoms with van der Waals surface area (Å²) in [5.41, 5.74) is 4.61. The van der Waals surface area contributed by atoms with Crippen LogP contribution in [0.1, 0.15) is 74.5 Å². The summed E-state index contributed by atoms with van der Waals surface area (Å²) in [5.74, 6) is 2.10. The topological polar surface area (TPSA) is 191 Å². The Kier molecular flexibility index (Phi) is 22.0. The third kappa shape index (κ3) is 17.8. The van der Waals surface area contributed by atoms with Crippen LogP contribution in [0.15, 0.2) is 152 Å². The summed E-state index contributed by atoms with van der Waals surface area (Å²) in [5, 5.41) is -0.439. The molecule has 0 saturated carbocycles. The van der Waals surface area contributed by atoms with Crippen molar-refractivity contribution in [1.29, 1.82) is 0 Å². The number of carbonyl (C=O) groups excluding carboxylic acids is 9. The van der Waals surface area contributed by atoms with E-state index in [1.807, 2.05) is 54.6 Å².